The summed E-state index contributed by atoms with van der Waals surface area (Å²) in [4.78, 5) is 28.2. The molecule has 3 rings (SSSR count). The van der Waals surface area contributed by atoms with Crippen LogP contribution in [0.5, 0.6) is 0 Å². The van der Waals surface area contributed by atoms with Crippen molar-refractivity contribution in [3.63, 3.8) is 0 Å². The summed E-state index contributed by atoms with van der Waals surface area (Å²) in [6, 6.07) is 19.8. The Balaban J connectivity index is 1.62. The smallest absolute Gasteiger partial charge is 0.255 e. The van der Waals surface area contributed by atoms with Crippen molar-refractivity contribution in [1.29, 1.82) is 0 Å². The predicted octanol–water partition coefficient (Wildman–Crippen LogP) is 3.26. The monoisotopic (exact) mass is 331 g/mol. The molecule has 0 bridgehead atoms. The van der Waals surface area contributed by atoms with Gasteiger partial charge in [0.05, 0.1) is 5.56 Å². The second kappa shape index (κ2) is 7.88. The highest BCUT2D eigenvalue weighted by molar-refractivity contribution is 6.04. The van der Waals surface area contributed by atoms with Crippen molar-refractivity contribution >= 4 is 17.5 Å². The van der Waals surface area contributed by atoms with Crippen LogP contribution < -0.4 is 10.6 Å². The first-order chi connectivity index (χ1) is 12.2. The van der Waals surface area contributed by atoms with E-state index in [0.717, 1.165) is 5.56 Å². The van der Waals surface area contributed by atoms with E-state index in [1.54, 1.807) is 30.5 Å². The lowest BCUT2D eigenvalue weighted by molar-refractivity contribution is 0.0949. The number of pyridine rings is 1. The fourth-order valence-electron chi connectivity index (χ4n) is 2.33. The Labute approximate surface area is 145 Å². The minimum atomic E-state index is -0.188. The SMILES string of the molecule is O=C(NCc1cccc(NC(=O)c2ccccc2)c1)c1cccnc1. The van der Waals surface area contributed by atoms with Gasteiger partial charge in [0.15, 0.2) is 0 Å². The summed E-state index contributed by atoms with van der Waals surface area (Å²) >= 11 is 0. The molecule has 1 aromatic heterocycles. The van der Waals surface area contributed by atoms with Gasteiger partial charge in [0.1, 0.15) is 0 Å². The number of anilines is 1. The molecule has 3 aromatic rings. The van der Waals surface area contributed by atoms with Gasteiger partial charge in [-0.05, 0) is 42.0 Å². The second-order valence-electron chi connectivity index (χ2n) is 5.44. The third kappa shape index (κ3) is 4.51. The molecule has 0 saturated heterocycles. The van der Waals surface area contributed by atoms with E-state index in [9.17, 15) is 9.59 Å². The minimum Gasteiger partial charge on any atom is -0.348 e. The average molecular weight is 331 g/mol. The molecule has 0 aliphatic heterocycles. The molecule has 0 radical (unpaired) electrons. The maximum absolute atomic E-state index is 12.2. The van der Waals surface area contributed by atoms with Crippen molar-refractivity contribution in [3.8, 4) is 0 Å². The van der Waals surface area contributed by atoms with Crippen LogP contribution in [0, 0.1) is 0 Å². The van der Waals surface area contributed by atoms with Crippen molar-refractivity contribution in [1.82, 2.24) is 10.3 Å². The molecule has 5 heteroatoms. The van der Waals surface area contributed by atoms with E-state index in [1.807, 2.05) is 42.5 Å². The largest absolute Gasteiger partial charge is 0.348 e. The Morgan fingerprint density at radius 1 is 0.840 bits per heavy atom. The summed E-state index contributed by atoms with van der Waals surface area (Å²) in [6.45, 7) is 0.364. The van der Waals surface area contributed by atoms with E-state index in [2.05, 4.69) is 15.6 Å². The molecule has 5 nitrogen and oxygen atoms in total. The van der Waals surface area contributed by atoms with Crippen LogP contribution in [0.2, 0.25) is 0 Å². The molecule has 0 aliphatic rings. The van der Waals surface area contributed by atoms with E-state index in [1.165, 1.54) is 6.20 Å². The highest BCUT2D eigenvalue weighted by Gasteiger charge is 2.07. The number of rotatable bonds is 5. The number of nitrogens with one attached hydrogen (secondary N) is 2. The molecule has 124 valence electrons. The van der Waals surface area contributed by atoms with Gasteiger partial charge in [0.2, 0.25) is 0 Å². The number of aromatic nitrogens is 1. The highest BCUT2D eigenvalue weighted by Crippen LogP contribution is 2.12. The molecule has 0 aliphatic carbocycles. The summed E-state index contributed by atoms with van der Waals surface area (Å²) in [7, 11) is 0. The Bertz CT molecular complexity index is 864. The van der Waals surface area contributed by atoms with Crippen LogP contribution in [0.4, 0.5) is 5.69 Å². The van der Waals surface area contributed by atoms with Gasteiger partial charge in [0, 0.05) is 30.2 Å². The van der Waals surface area contributed by atoms with Gasteiger partial charge in [0.25, 0.3) is 11.8 Å². The van der Waals surface area contributed by atoms with Gasteiger partial charge in [-0.15, -0.1) is 0 Å². The van der Waals surface area contributed by atoms with Gasteiger partial charge in [-0.3, -0.25) is 14.6 Å². The molecule has 2 amide bonds. The first-order valence-corrected chi connectivity index (χ1v) is 7.86. The number of carbonyl (C=O) groups is 2. The lowest BCUT2D eigenvalue weighted by Crippen LogP contribution is -2.23. The zero-order valence-corrected chi connectivity index (χ0v) is 13.5. The Hall–Kier alpha value is -3.47. The summed E-state index contributed by atoms with van der Waals surface area (Å²) < 4.78 is 0. The summed E-state index contributed by atoms with van der Waals surface area (Å²) in [5, 5.41) is 5.69. The lowest BCUT2D eigenvalue weighted by atomic mass is 10.1. The topological polar surface area (TPSA) is 71.1 Å². The number of hydrogen-bond acceptors (Lipinski definition) is 3. The van der Waals surface area contributed by atoms with Gasteiger partial charge in [-0.1, -0.05) is 30.3 Å². The molecular formula is C20H17N3O2. The van der Waals surface area contributed by atoms with Gasteiger partial charge >= 0.3 is 0 Å². The molecule has 2 aromatic carbocycles. The fraction of sp³-hybridized carbons (Fsp3) is 0.0500. The number of nitrogens with zero attached hydrogens (tertiary/aromatic N) is 1. The van der Waals surface area contributed by atoms with Crippen LogP contribution in [0.15, 0.2) is 79.1 Å². The van der Waals surface area contributed by atoms with Crippen molar-refractivity contribution in [3.05, 3.63) is 95.8 Å². The maximum Gasteiger partial charge on any atom is 0.255 e. The van der Waals surface area contributed by atoms with Crippen molar-refractivity contribution in [2.45, 2.75) is 6.54 Å². The predicted molar refractivity (Wildman–Crippen MR) is 96.2 cm³/mol. The first kappa shape index (κ1) is 16.4. The number of hydrogen-bond donors (Lipinski definition) is 2. The van der Waals surface area contributed by atoms with Crippen LogP contribution in [-0.4, -0.2) is 16.8 Å². The van der Waals surface area contributed by atoms with E-state index in [-0.39, 0.29) is 11.8 Å². The molecule has 0 unspecified atom stereocenters. The second-order valence-corrected chi connectivity index (χ2v) is 5.44. The van der Waals surface area contributed by atoms with Gasteiger partial charge < -0.3 is 10.6 Å². The molecule has 2 N–H and O–H groups in total. The average Bonchev–Trinajstić information content (AvgIpc) is 2.68. The van der Waals surface area contributed by atoms with E-state index >= 15 is 0 Å². The molecule has 0 saturated carbocycles. The van der Waals surface area contributed by atoms with Crippen LogP contribution in [-0.2, 0) is 6.54 Å². The van der Waals surface area contributed by atoms with Gasteiger partial charge in [-0.2, -0.15) is 0 Å². The van der Waals surface area contributed by atoms with E-state index in [4.69, 9.17) is 0 Å². The summed E-state index contributed by atoms with van der Waals surface area (Å²) in [6.07, 6.45) is 3.14. The lowest BCUT2D eigenvalue weighted by Gasteiger charge is -2.09. The first-order valence-electron chi connectivity index (χ1n) is 7.86. The van der Waals surface area contributed by atoms with Crippen LogP contribution >= 0.6 is 0 Å². The van der Waals surface area contributed by atoms with Crippen LogP contribution in [0.3, 0.4) is 0 Å². The molecule has 25 heavy (non-hydrogen) atoms. The molecule has 0 spiro atoms. The van der Waals surface area contributed by atoms with E-state index < -0.39 is 0 Å². The highest BCUT2D eigenvalue weighted by atomic mass is 16.2. The van der Waals surface area contributed by atoms with Crippen LogP contribution in [0.25, 0.3) is 0 Å². The van der Waals surface area contributed by atoms with Gasteiger partial charge in [-0.25, -0.2) is 0 Å². The molecule has 1 heterocycles. The summed E-state index contributed by atoms with van der Waals surface area (Å²) in [5.74, 6) is -0.357. The van der Waals surface area contributed by atoms with E-state index in [0.29, 0.717) is 23.4 Å². The Morgan fingerprint density at radius 2 is 1.64 bits per heavy atom. The molecule has 0 atom stereocenters. The maximum atomic E-state index is 12.2. The number of amides is 2. The Morgan fingerprint density at radius 3 is 2.40 bits per heavy atom. The summed E-state index contributed by atoms with van der Waals surface area (Å²) in [5.41, 5.74) is 2.68. The van der Waals surface area contributed by atoms with Crippen LogP contribution in [0.1, 0.15) is 26.3 Å². The number of benzene rings is 2. The zero-order chi connectivity index (χ0) is 17.5. The zero-order valence-electron chi connectivity index (χ0n) is 13.5. The van der Waals surface area contributed by atoms with Crippen molar-refractivity contribution in [2.24, 2.45) is 0 Å². The third-order valence-electron chi connectivity index (χ3n) is 3.60. The minimum absolute atomic E-state index is 0.169. The fourth-order valence-corrected chi connectivity index (χ4v) is 2.33. The molecular weight excluding hydrogens is 314 g/mol. The van der Waals surface area contributed by atoms with Crippen molar-refractivity contribution < 1.29 is 9.59 Å². The third-order valence-corrected chi connectivity index (χ3v) is 3.60. The normalized spacial score (nSPS) is 10.1. The number of carbonyl (C=O) groups excluding carboxylic acids is 2. The Kier molecular flexibility index (Phi) is 5.16. The standard InChI is InChI=1S/C20H17N3O2/c24-19(17-9-5-11-21-14-17)22-13-15-6-4-10-18(12-15)23-20(25)16-7-2-1-3-8-16/h1-12,14H,13H2,(H,22,24)(H,23,25). The quantitative estimate of drug-likeness (QED) is 0.754. The molecule has 0 fully saturated rings. The van der Waals surface area contributed by atoms with Crippen molar-refractivity contribution in [2.75, 3.05) is 5.32 Å².